The molecule has 22 heavy (non-hydrogen) atoms. The van der Waals surface area contributed by atoms with Crippen molar-refractivity contribution in [1.82, 2.24) is 0 Å². The highest BCUT2D eigenvalue weighted by Crippen LogP contribution is 2.32. The van der Waals surface area contributed by atoms with Gasteiger partial charge in [0.1, 0.15) is 11.5 Å². The fourth-order valence-electron chi connectivity index (χ4n) is 2.69. The van der Waals surface area contributed by atoms with Crippen LogP contribution in [0.5, 0.6) is 11.5 Å². The van der Waals surface area contributed by atoms with Crippen molar-refractivity contribution in [3.8, 4) is 11.5 Å². The van der Waals surface area contributed by atoms with Crippen LogP contribution in [0.1, 0.15) is 78.4 Å². The Hall–Kier alpha value is -1.18. The van der Waals surface area contributed by atoms with Gasteiger partial charge in [0.2, 0.25) is 0 Å². The Morgan fingerprint density at radius 3 is 1.36 bits per heavy atom. The third-order valence-electron chi connectivity index (χ3n) is 4.03. The highest BCUT2D eigenvalue weighted by atomic mass is 16.3. The van der Waals surface area contributed by atoms with Crippen molar-refractivity contribution < 1.29 is 10.2 Å². The minimum absolute atomic E-state index is 0.228. The number of rotatable bonds is 6. The lowest BCUT2D eigenvalue weighted by Crippen LogP contribution is -2.06. The second-order valence-corrected chi connectivity index (χ2v) is 8.94. The van der Waals surface area contributed by atoms with Gasteiger partial charge >= 0.3 is 0 Å². The first kappa shape index (κ1) is 18.9. The first-order valence-corrected chi connectivity index (χ1v) is 8.52. The van der Waals surface area contributed by atoms with Crippen molar-refractivity contribution in [1.29, 1.82) is 0 Å². The van der Waals surface area contributed by atoms with Gasteiger partial charge in [-0.1, -0.05) is 41.5 Å². The molecule has 0 unspecified atom stereocenters. The zero-order valence-corrected chi connectivity index (χ0v) is 15.3. The summed E-state index contributed by atoms with van der Waals surface area (Å²) in [7, 11) is 0. The summed E-state index contributed by atoms with van der Waals surface area (Å²) in [5.74, 6) is 0.456. The Morgan fingerprint density at radius 2 is 1.05 bits per heavy atom. The molecule has 0 aromatic heterocycles. The molecule has 1 aromatic rings. The third kappa shape index (κ3) is 7.20. The Labute approximate surface area is 136 Å². The summed E-state index contributed by atoms with van der Waals surface area (Å²) in [6.07, 6.45) is 6.12. The lowest BCUT2D eigenvalue weighted by molar-refractivity contribution is 0.362. The molecule has 0 saturated heterocycles. The molecule has 0 aliphatic heterocycles. The maximum atomic E-state index is 10.0. The average molecular weight is 306 g/mol. The third-order valence-corrected chi connectivity index (χ3v) is 4.03. The standard InChI is InChI=1S/C20H34O2/c1-19(2,3)11-7-9-15-13-16(18(22)14-17(15)21)10-8-12-20(4,5)6/h13-14,21-22H,7-12H2,1-6H3. The zero-order chi connectivity index (χ0) is 17.0. The molecule has 0 bridgehead atoms. The number of aromatic hydroxyl groups is 2. The molecule has 0 atom stereocenters. The number of aryl methyl sites for hydroxylation is 2. The fourth-order valence-corrected chi connectivity index (χ4v) is 2.69. The predicted octanol–water partition coefficient (Wildman–Crippen LogP) is 5.84. The molecule has 2 N–H and O–H groups in total. The Balaban J connectivity index is 2.68. The van der Waals surface area contributed by atoms with E-state index < -0.39 is 0 Å². The van der Waals surface area contributed by atoms with Crippen molar-refractivity contribution >= 4 is 0 Å². The molecule has 0 fully saturated rings. The highest BCUT2D eigenvalue weighted by molar-refractivity contribution is 5.45. The van der Waals surface area contributed by atoms with Gasteiger partial charge in [0.05, 0.1) is 0 Å². The fraction of sp³-hybridized carbons (Fsp3) is 0.700. The summed E-state index contributed by atoms with van der Waals surface area (Å²) in [4.78, 5) is 0. The van der Waals surface area contributed by atoms with Gasteiger partial charge in [-0.3, -0.25) is 0 Å². The quantitative estimate of drug-likeness (QED) is 0.693. The van der Waals surface area contributed by atoms with E-state index in [1.807, 2.05) is 6.07 Å². The maximum Gasteiger partial charge on any atom is 0.122 e. The summed E-state index contributed by atoms with van der Waals surface area (Å²) in [6, 6.07) is 3.51. The van der Waals surface area contributed by atoms with E-state index in [0.717, 1.165) is 49.7 Å². The molecule has 0 radical (unpaired) electrons. The second-order valence-electron chi connectivity index (χ2n) is 8.94. The Morgan fingerprint density at radius 1 is 0.682 bits per heavy atom. The number of benzene rings is 1. The molecular formula is C20H34O2. The van der Waals surface area contributed by atoms with Gasteiger partial charge in [-0.15, -0.1) is 0 Å². The van der Waals surface area contributed by atoms with Gasteiger partial charge in [0.15, 0.2) is 0 Å². The molecule has 2 nitrogen and oxygen atoms in total. The molecular weight excluding hydrogens is 272 g/mol. The Bertz CT molecular complexity index is 434. The molecule has 0 aliphatic rings. The molecule has 2 heteroatoms. The lowest BCUT2D eigenvalue weighted by atomic mass is 9.87. The first-order valence-electron chi connectivity index (χ1n) is 8.52. The van der Waals surface area contributed by atoms with E-state index in [1.165, 1.54) is 6.07 Å². The van der Waals surface area contributed by atoms with Crippen molar-refractivity contribution in [3.63, 3.8) is 0 Å². The van der Waals surface area contributed by atoms with E-state index in [-0.39, 0.29) is 11.5 Å². The van der Waals surface area contributed by atoms with Crippen LogP contribution < -0.4 is 0 Å². The highest BCUT2D eigenvalue weighted by Gasteiger charge is 2.14. The molecule has 0 heterocycles. The summed E-state index contributed by atoms with van der Waals surface area (Å²) >= 11 is 0. The first-order chi connectivity index (χ1) is 9.98. The van der Waals surface area contributed by atoms with Crippen molar-refractivity contribution in [3.05, 3.63) is 23.3 Å². The number of phenolic OH excluding ortho intramolecular Hbond substituents is 2. The lowest BCUT2D eigenvalue weighted by Gasteiger charge is -2.19. The maximum absolute atomic E-state index is 10.0. The monoisotopic (exact) mass is 306 g/mol. The van der Waals surface area contributed by atoms with Crippen LogP contribution >= 0.6 is 0 Å². The van der Waals surface area contributed by atoms with Crippen LogP contribution in [0.25, 0.3) is 0 Å². The van der Waals surface area contributed by atoms with Crippen LogP contribution in [0, 0.1) is 10.8 Å². The topological polar surface area (TPSA) is 40.5 Å². The summed E-state index contributed by atoms with van der Waals surface area (Å²) in [6.45, 7) is 13.4. The van der Waals surface area contributed by atoms with Crippen LogP contribution in [0.15, 0.2) is 12.1 Å². The van der Waals surface area contributed by atoms with Gasteiger partial charge in [-0.25, -0.2) is 0 Å². The summed E-state index contributed by atoms with van der Waals surface area (Å²) in [5.41, 5.74) is 2.57. The second kappa shape index (κ2) is 7.39. The van der Waals surface area contributed by atoms with Gasteiger partial charge < -0.3 is 10.2 Å². The normalized spacial score (nSPS) is 12.6. The van der Waals surface area contributed by atoms with Gasteiger partial charge in [-0.2, -0.15) is 0 Å². The van der Waals surface area contributed by atoms with E-state index in [1.54, 1.807) is 0 Å². The molecule has 126 valence electrons. The molecule has 0 saturated carbocycles. The predicted molar refractivity (Wildman–Crippen MR) is 94.6 cm³/mol. The minimum Gasteiger partial charge on any atom is -0.508 e. The molecule has 1 aromatic carbocycles. The number of hydrogen-bond donors (Lipinski definition) is 2. The molecule has 0 aliphatic carbocycles. The summed E-state index contributed by atoms with van der Waals surface area (Å²) in [5, 5.41) is 20.1. The van der Waals surface area contributed by atoms with Crippen LogP contribution in [-0.4, -0.2) is 10.2 Å². The van der Waals surface area contributed by atoms with Crippen LogP contribution in [-0.2, 0) is 12.8 Å². The SMILES string of the molecule is CC(C)(C)CCCc1cc(CCCC(C)(C)C)c(O)cc1O. The minimum atomic E-state index is 0.228. The van der Waals surface area contributed by atoms with Crippen molar-refractivity contribution in [2.45, 2.75) is 80.1 Å². The van der Waals surface area contributed by atoms with E-state index in [2.05, 4.69) is 41.5 Å². The van der Waals surface area contributed by atoms with Gasteiger partial charge in [-0.05, 0) is 66.5 Å². The van der Waals surface area contributed by atoms with Crippen LogP contribution in [0.4, 0.5) is 0 Å². The van der Waals surface area contributed by atoms with Crippen molar-refractivity contribution in [2.24, 2.45) is 10.8 Å². The largest absolute Gasteiger partial charge is 0.508 e. The van der Waals surface area contributed by atoms with Gasteiger partial charge in [0, 0.05) is 6.07 Å². The number of hydrogen-bond acceptors (Lipinski definition) is 2. The van der Waals surface area contributed by atoms with E-state index in [0.29, 0.717) is 10.8 Å². The molecule has 1 rings (SSSR count). The number of phenols is 2. The average Bonchev–Trinajstić information content (AvgIpc) is 2.31. The van der Waals surface area contributed by atoms with Crippen LogP contribution in [0.2, 0.25) is 0 Å². The molecule has 0 amide bonds. The zero-order valence-electron chi connectivity index (χ0n) is 15.3. The van der Waals surface area contributed by atoms with Crippen LogP contribution in [0.3, 0.4) is 0 Å². The van der Waals surface area contributed by atoms with Crippen molar-refractivity contribution in [2.75, 3.05) is 0 Å². The summed E-state index contributed by atoms with van der Waals surface area (Å²) < 4.78 is 0. The smallest absolute Gasteiger partial charge is 0.122 e. The van der Waals surface area contributed by atoms with E-state index in [4.69, 9.17) is 0 Å². The van der Waals surface area contributed by atoms with E-state index >= 15 is 0 Å². The van der Waals surface area contributed by atoms with Gasteiger partial charge in [0.25, 0.3) is 0 Å². The van der Waals surface area contributed by atoms with E-state index in [9.17, 15) is 10.2 Å². The Kier molecular flexibility index (Phi) is 6.34. The molecule has 0 spiro atoms.